The number of rotatable bonds is 1. The van der Waals surface area contributed by atoms with E-state index in [1.54, 1.807) is 39.0 Å². The number of methoxy groups -OCH3 is 1. The Morgan fingerprint density at radius 2 is 1.96 bits per heavy atom. The van der Waals surface area contributed by atoms with E-state index in [-0.39, 0.29) is 5.70 Å². The summed E-state index contributed by atoms with van der Waals surface area (Å²) >= 11 is 3.34. The fourth-order valence-electron chi connectivity index (χ4n) is 2.16. The van der Waals surface area contributed by atoms with Crippen molar-refractivity contribution in [2.45, 2.75) is 32.6 Å². The van der Waals surface area contributed by atoms with Gasteiger partial charge in [0, 0.05) is 10.0 Å². The first-order valence-electron chi connectivity index (χ1n) is 6.94. The van der Waals surface area contributed by atoms with E-state index in [1.807, 2.05) is 0 Å². The SMILES string of the molecule is COC(=O)C1=Cc2cc(Br)ccc2C(O)N1C(=O)OC(C)(C)C. The number of nitrogens with zero attached hydrogens (tertiary/aromatic N) is 1. The van der Waals surface area contributed by atoms with Gasteiger partial charge in [0.1, 0.15) is 11.3 Å². The zero-order valence-electron chi connectivity index (χ0n) is 13.3. The molecule has 7 heteroatoms. The Balaban J connectivity index is 2.51. The van der Waals surface area contributed by atoms with Crippen LogP contribution < -0.4 is 0 Å². The Morgan fingerprint density at radius 3 is 2.52 bits per heavy atom. The normalized spacial score (nSPS) is 17.2. The maximum absolute atomic E-state index is 12.4. The van der Waals surface area contributed by atoms with Gasteiger partial charge in [-0.3, -0.25) is 0 Å². The average molecular weight is 384 g/mol. The number of benzene rings is 1. The number of fused-ring (bicyclic) bond motifs is 1. The molecule has 1 aromatic rings. The molecule has 1 aromatic carbocycles. The van der Waals surface area contributed by atoms with Gasteiger partial charge in [-0.15, -0.1) is 0 Å². The molecule has 1 atom stereocenters. The highest BCUT2D eigenvalue weighted by atomic mass is 79.9. The van der Waals surface area contributed by atoms with E-state index >= 15 is 0 Å². The molecule has 0 aromatic heterocycles. The van der Waals surface area contributed by atoms with Crippen molar-refractivity contribution < 1.29 is 24.2 Å². The van der Waals surface area contributed by atoms with Crippen LogP contribution in [0.3, 0.4) is 0 Å². The van der Waals surface area contributed by atoms with Gasteiger partial charge in [0.25, 0.3) is 0 Å². The first kappa shape index (κ1) is 17.5. The summed E-state index contributed by atoms with van der Waals surface area (Å²) in [6.45, 7) is 5.11. The van der Waals surface area contributed by atoms with Crippen molar-refractivity contribution in [1.29, 1.82) is 0 Å². The second kappa shape index (κ2) is 6.33. The third-order valence-corrected chi connectivity index (χ3v) is 3.60. The van der Waals surface area contributed by atoms with Gasteiger partial charge in [0.2, 0.25) is 0 Å². The van der Waals surface area contributed by atoms with Crippen molar-refractivity contribution in [2.75, 3.05) is 7.11 Å². The molecule has 1 aliphatic heterocycles. The topological polar surface area (TPSA) is 76.1 Å². The van der Waals surface area contributed by atoms with Gasteiger partial charge in [-0.2, -0.15) is 0 Å². The molecular formula is C16H18BrNO5. The number of esters is 1. The highest BCUT2D eigenvalue weighted by Crippen LogP contribution is 2.35. The summed E-state index contributed by atoms with van der Waals surface area (Å²) in [5.41, 5.74) is 0.261. The van der Waals surface area contributed by atoms with Crippen LogP contribution in [0.1, 0.15) is 38.1 Å². The van der Waals surface area contributed by atoms with Crippen molar-refractivity contribution in [1.82, 2.24) is 4.90 Å². The molecule has 1 amide bonds. The molecule has 0 saturated heterocycles. The predicted octanol–water partition coefficient (Wildman–Crippen LogP) is 3.20. The van der Waals surface area contributed by atoms with Gasteiger partial charge in [-0.1, -0.05) is 22.0 Å². The van der Waals surface area contributed by atoms with Crippen LogP contribution in [0.4, 0.5) is 4.79 Å². The van der Waals surface area contributed by atoms with Gasteiger partial charge in [0.05, 0.1) is 7.11 Å². The number of carbonyl (C=O) groups is 2. The zero-order valence-corrected chi connectivity index (χ0v) is 14.9. The zero-order chi connectivity index (χ0) is 17.4. The summed E-state index contributed by atoms with van der Waals surface area (Å²) < 4.78 is 10.8. The molecule has 1 aliphatic rings. The highest BCUT2D eigenvalue weighted by Gasteiger charge is 2.38. The minimum atomic E-state index is -1.34. The van der Waals surface area contributed by atoms with E-state index in [4.69, 9.17) is 9.47 Å². The number of ether oxygens (including phenoxy) is 2. The predicted molar refractivity (Wildman–Crippen MR) is 87.2 cm³/mol. The largest absolute Gasteiger partial charge is 0.464 e. The van der Waals surface area contributed by atoms with Gasteiger partial charge in [0.15, 0.2) is 6.23 Å². The molecule has 1 heterocycles. The van der Waals surface area contributed by atoms with Crippen molar-refractivity contribution in [2.24, 2.45) is 0 Å². The lowest BCUT2D eigenvalue weighted by Crippen LogP contribution is -2.42. The van der Waals surface area contributed by atoms with Crippen LogP contribution in [-0.2, 0) is 14.3 Å². The second-order valence-electron chi connectivity index (χ2n) is 6.02. The molecule has 6 nitrogen and oxygen atoms in total. The molecule has 0 fully saturated rings. The van der Waals surface area contributed by atoms with E-state index in [0.29, 0.717) is 11.1 Å². The molecule has 0 radical (unpaired) electrons. The lowest BCUT2D eigenvalue weighted by atomic mass is 10.00. The summed E-state index contributed by atoms with van der Waals surface area (Å²) in [6, 6.07) is 5.16. The van der Waals surface area contributed by atoms with Crippen molar-refractivity contribution in [3.05, 3.63) is 39.5 Å². The fraction of sp³-hybridized carbons (Fsp3) is 0.375. The number of halogens is 1. The van der Waals surface area contributed by atoms with Gasteiger partial charge in [-0.05, 0) is 44.5 Å². The van der Waals surface area contributed by atoms with Crippen LogP contribution in [0, 0.1) is 0 Å². The standard InChI is InChI=1S/C16H18BrNO5/c1-16(2,3)23-15(21)18-12(14(20)22-4)8-9-7-10(17)5-6-11(9)13(18)19/h5-8,13,19H,1-4H3. The Bertz CT molecular complexity index is 678. The van der Waals surface area contributed by atoms with E-state index in [0.717, 1.165) is 9.37 Å². The first-order valence-corrected chi connectivity index (χ1v) is 7.73. The molecule has 2 rings (SSSR count). The molecular weight excluding hydrogens is 366 g/mol. The molecule has 23 heavy (non-hydrogen) atoms. The lowest BCUT2D eigenvalue weighted by Gasteiger charge is -2.34. The molecule has 0 aliphatic carbocycles. The van der Waals surface area contributed by atoms with Crippen LogP contribution >= 0.6 is 15.9 Å². The lowest BCUT2D eigenvalue weighted by molar-refractivity contribution is -0.139. The van der Waals surface area contributed by atoms with Crippen molar-refractivity contribution in [3.63, 3.8) is 0 Å². The van der Waals surface area contributed by atoms with E-state index in [9.17, 15) is 14.7 Å². The number of hydrogen-bond donors (Lipinski definition) is 1. The van der Waals surface area contributed by atoms with Crippen LogP contribution in [0.25, 0.3) is 6.08 Å². The average Bonchev–Trinajstić information content (AvgIpc) is 2.43. The maximum atomic E-state index is 12.4. The van der Waals surface area contributed by atoms with Crippen molar-refractivity contribution >= 4 is 34.1 Å². The second-order valence-corrected chi connectivity index (χ2v) is 6.93. The highest BCUT2D eigenvalue weighted by molar-refractivity contribution is 9.10. The van der Waals surface area contributed by atoms with E-state index in [2.05, 4.69) is 15.9 Å². The third-order valence-electron chi connectivity index (χ3n) is 3.11. The molecule has 0 spiro atoms. The molecule has 1 unspecified atom stereocenters. The van der Waals surface area contributed by atoms with Gasteiger partial charge in [-0.25, -0.2) is 14.5 Å². The van der Waals surface area contributed by atoms with Crippen LogP contribution in [0.15, 0.2) is 28.4 Å². The van der Waals surface area contributed by atoms with Crippen LogP contribution in [0.2, 0.25) is 0 Å². The van der Waals surface area contributed by atoms with E-state index in [1.165, 1.54) is 13.2 Å². The molecule has 124 valence electrons. The number of aliphatic hydroxyl groups excluding tert-OH is 1. The summed E-state index contributed by atoms with van der Waals surface area (Å²) in [5, 5.41) is 10.6. The van der Waals surface area contributed by atoms with Gasteiger partial charge >= 0.3 is 12.1 Å². The Morgan fingerprint density at radius 1 is 1.30 bits per heavy atom. The fourth-order valence-corrected chi connectivity index (χ4v) is 2.54. The minimum absolute atomic E-state index is 0.0835. The summed E-state index contributed by atoms with van der Waals surface area (Å²) in [6.07, 6.45) is -0.676. The summed E-state index contributed by atoms with van der Waals surface area (Å²) in [7, 11) is 1.21. The minimum Gasteiger partial charge on any atom is -0.464 e. The maximum Gasteiger partial charge on any atom is 0.417 e. The Kier molecular flexibility index (Phi) is 4.81. The van der Waals surface area contributed by atoms with Gasteiger partial charge < -0.3 is 14.6 Å². The number of aliphatic hydroxyl groups is 1. The quantitative estimate of drug-likeness (QED) is 0.753. The molecule has 0 bridgehead atoms. The van der Waals surface area contributed by atoms with Crippen molar-refractivity contribution in [3.8, 4) is 0 Å². The number of carbonyl (C=O) groups excluding carboxylic acids is 2. The number of hydrogen-bond acceptors (Lipinski definition) is 5. The molecule has 1 N–H and O–H groups in total. The van der Waals surface area contributed by atoms with Crippen LogP contribution in [-0.4, -0.2) is 34.8 Å². The summed E-state index contributed by atoms with van der Waals surface area (Å²) in [4.78, 5) is 25.3. The smallest absolute Gasteiger partial charge is 0.417 e. The van der Waals surface area contributed by atoms with E-state index < -0.39 is 23.9 Å². The van der Waals surface area contributed by atoms with Crippen LogP contribution in [0.5, 0.6) is 0 Å². The Hall–Kier alpha value is -1.86. The summed E-state index contributed by atoms with van der Waals surface area (Å²) in [5.74, 6) is -0.736. The first-order chi connectivity index (χ1) is 10.6. The third kappa shape index (κ3) is 3.73. The Labute approximate surface area is 142 Å². The number of amides is 1. The molecule has 0 saturated carbocycles. The monoisotopic (exact) mass is 383 g/mol.